The molecule has 4 nitrogen and oxygen atoms in total. The van der Waals surface area contributed by atoms with Crippen LogP contribution in [-0.4, -0.2) is 45.4 Å². The van der Waals surface area contributed by atoms with Crippen LogP contribution in [0.4, 0.5) is 0 Å². The predicted molar refractivity (Wildman–Crippen MR) is 153 cm³/mol. The molecule has 0 aliphatic carbocycles. The Hall–Kier alpha value is -3.24. The number of hydrogen-bond acceptors (Lipinski definition) is 4. The van der Waals surface area contributed by atoms with Gasteiger partial charge in [0.2, 0.25) is 0 Å². The normalized spacial score (nSPS) is 14.4. The molecule has 0 aromatic heterocycles. The predicted octanol–water partition coefficient (Wildman–Crippen LogP) is 7.25. The summed E-state index contributed by atoms with van der Waals surface area (Å²) < 4.78 is 17.1. The zero-order chi connectivity index (χ0) is 26.2. The molecule has 1 aliphatic rings. The van der Waals surface area contributed by atoms with Crippen LogP contribution in [0.1, 0.15) is 54.0 Å². The van der Waals surface area contributed by atoms with E-state index in [1.165, 1.54) is 53.8 Å². The molecule has 0 unspecified atom stereocenters. The van der Waals surface area contributed by atoms with Crippen LogP contribution in [0.2, 0.25) is 0 Å². The van der Waals surface area contributed by atoms with Crippen molar-refractivity contribution >= 4 is 5.57 Å². The number of methoxy groups -OCH3 is 2. The third kappa shape index (κ3) is 6.75. The summed E-state index contributed by atoms with van der Waals surface area (Å²) in [7, 11) is 3.45. The van der Waals surface area contributed by atoms with Gasteiger partial charge in [-0.2, -0.15) is 0 Å². The Morgan fingerprint density at radius 3 is 2.00 bits per heavy atom. The van der Waals surface area contributed by atoms with Gasteiger partial charge in [-0.15, -0.1) is 0 Å². The molecular weight excluding hydrogens is 458 g/mol. The lowest BCUT2D eigenvalue weighted by atomic mass is 9.87. The molecule has 196 valence electrons. The lowest BCUT2D eigenvalue weighted by molar-refractivity contribution is 0.238. The number of hydrogen-bond donors (Lipinski definition) is 0. The third-order valence-electron chi connectivity index (χ3n) is 7.36. The molecule has 0 radical (unpaired) electrons. The van der Waals surface area contributed by atoms with E-state index in [4.69, 9.17) is 14.2 Å². The second-order valence-electron chi connectivity index (χ2n) is 9.92. The van der Waals surface area contributed by atoms with E-state index in [9.17, 15) is 0 Å². The molecule has 0 bridgehead atoms. The fourth-order valence-electron chi connectivity index (χ4n) is 5.31. The second kappa shape index (κ2) is 12.8. The fourth-order valence-corrected chi connectivity index (χ4v) is 5.31. The Labute approximate surface area is 222 Å². The summed E-state index contributed by atoms with van der Waals surface area (Å²) in [4.78, 5) is 2.48. The van der Waals surface area contributed by atoms with Crippen molar-refractivity contribution in [3.63, 3.8) is 0 Å². The van der Waals surface area contributed by atoms with Crippen molar-refractivity contribution in [2.24, 2.45) is 0 Å². The first kappa shape index (κ1) is 26.8. The number of benzene rings is 3. The average Bonchev–Trinajstić information content (AvgIpc) is 3.43. The highest BCUT2D eigenvalue weighted by Crippen LogP contribution is 2.34. The van der Waals surface area contributed by atoms with E-state index in [1.807, 2.05) is 0 Å². The summed E-state index contributed by atoms with van der Waals surface area (Å²) in [6, 6.07) is 21.6. The Morgan fingerprint density at radius 1 is 0.784 bits per heavy atom. The van der Waals surface area contributed by atoms with Gasteiger partial charge in [-0.05, 0) is 116 Å². The lowest BCUT2D eigenvalue weighted by Crippen LogP contribution is -2.25. The molecule has 4 heteroatoms. The summed E-state index contributed by atoms with van der Waals surface area (Å²) in [5.74, 6) is 2.77. The van der Waals surface area contributed by atoms with Gasteiger partial charge < -0.3 is 14.2 Å². The van der Waals surface area contributed by atoms with Gasteiger partial charge >= 0.3 is 0 Å². The smallest absolute Gasteiger partial charge is 0.121 e. The van der Waals surface area contributed by atoms with E-state index in [0.29, 0.717) is 0 Å². The molecular formula is C33H41NO3. The van der Waals surface area contributed by atoms with Crippen LogP contribution in [-0.2, 0) is 6.42 Å². The Balaban J connectivity index is 1.65. The molecule has 3 aromatic rings. The summed E-state index contributed by atoms with van der Waals surface area (Å²) in [6.07, 6.45) is 4.46. The van der Waals surface area contributed by atoms with Gasteiger partial charge in [-0.25, -0.2) is 0 Å². The van der Waals surface area contributed by atoms with Gasteiger partial charge in [0, 0.05) is 6.54 Å². The van der Waals surface area contributed by atoms with Crippen LogP contribution < -0.4 is 14.2 Å². The van der Waals surface area contributed by atoms with E-state index in [2.05, 4.69) is 86.3 Å². The average molecular weight is 500 g/mol. The quantitative estimate of drug-likeness (QED) is 0.278. The molecule has 0 atom stereocenters. The van der Waals surface area contributed by atoms with Crippen LogP contribution in [0.15, 0.2) is 66.2 Å². The van der Waals surface area contributed by atoms with Crippen molar-refractivity contribution < 1.29 is 14.2 Å². The van der Waals surface area contributed by atoms with Crippen molar-refractivity contribution in [2.75, 3.05) is 40.5 Å². The largest absolute Gasteiger partial charge is 0.496 e. The maximum absolute atomic E-state index is 6.09. The van der Waals surface area contributed by atoms with Crippen molar-refractivity contribution in [3.05, 3.63) is 94.1 Å². The summed E-state index contributed by atoms with van der Waals surface area (Å²) in [6.45, 7) is 10.6. The zero-order valence-corrected chi connectivity index (χ0v) is 23.1. The minimum Gasteiger partial charge on any atom is -0.496 e. The standard InChI is InChI=1S/C33H41NO3/c1-6-27(23-26-9-15-31(35-4)24(2)21-26)33(29-12-16-32(36-5)25(3)22-29)28-10-13-30(14-11-28)37-20-19-34-17-7-8-18-34/h9-16,21-22H,6-8,17-20,23H2,1-5H3/b33-27+. The molecule has 1 saturated heterocycles. The van der Waals surface area contributed by atoms with E-state index in [0.717, 1.165) is 54.4 Å². The maximum atomic E-state index is 6.09. The van der Waals surface area contributed by atoms with Gasteiger partial charge in [0.1, 0.15) is 23.9 Å². The van der Waals surface area contributed by atoms with Gasteiger partial charge in [-0.1, -0.05) is 42.8 Å². The van der Waals surface area contributed by atoms with Gasteiger partial charge in [0.25, 0.3) is 0 Å². The van der Waals surface area contributed by atoms with E-state index in [-0.39, 0.29) is 0 Å². The topological polar surface area (TPSA) is 30.9 Å². The number of ether oxygens (including phenoxy) is 3. The Bertz CT molecular complexity index is 1210. The van der Waals surface area contributed by atoms with E-state index in [1.54, 1.807) is 14.2 Å². The molecule has 4 rings (SSSR count). The lowest BCUT2D eigenvalue weighted by Gasteiger charge is -2.19. The number of rotatable bonds is 11. The van der Waals surface area contributed by atoms with Crippen molar-refractivity contribution in [1.29, 1.82) is 0 Å². The van der Waals surface area contributed by atoms with Crippen LogP contribution in [0.25, 0.3) is 5.57 Å². The summed E-state index contributed by atoms with van der Waals surface area (Å²) >= 11 is 0. The van der Waals surface area contributed by atoms with Crippen LogP contribution >= 0.6 is 0 Å². The monoisotopic (exact) mass is 499 g/mol. The number of allylic oxidation sites excluding steroid dienone is 1. The molecule has 1 fully saturated rings. The first-order chi connectivity index (χ1) is 18.0. The maximum Gasteiger partial charge on any atom is 0.121 e. The molecule has 37 heavy (non-hydrogen) atoms. The first-order valence-electron chi connectivity index (χ1n) is 13.5. The van der Waals surface area contributed by atoms with E-state index < -0.39 is 0 Å². The minimum absolute atomic E-state index is 0.733. The Morgan fingerprint density at radius 2 is 1.41 bits per heavy atom. The minimum atomic E-state index is 0.733. The molecule has 3 aromatic carbocycles. The highest BCUT2D eigenvalue weighted by molar-refractivity contribution is 5.83. The van der Waals surface area contributed by atoms with Gasteiger partial charge in [0.05, 0.1) is 14.2 Å². The van der Waals surface area contributed by atoms with Crippen LogP contribution in [0.5, 0.6) is 17.2 Å². The summed E-state index contributed by atoms with van der Waals surface area (Å²) in [5, 5.41) is 0. The Kier molecular flexibility index (Phi) is 9.29. The third-order valence-corrected chi connectivity index (χ3v) is 7.36. The molecule has 1 aliphatic heterocycles. The fraction of sp³-hybridized carbons (Fsp3) is 0.394. The molecule has 0 amide bonds. The molecule has 0 saturated carbocycles. The van der Waals surface area contributed by atoms with Gasteiger partial charge in [-0.3, -0.25) is 4.90 Å². The molecule has 0 spiro atoms. The van der Waals surface area contributed by atoms with E-state index >= 15 is 0 Å². The van der Waals surface area contributed by atoms with Crippen molar-refractivity contribution in [3.8, 4) is 17.2 Å². The van der Waals surface area contributed by atoms with Crippen molar-refractivity contribution in [2.45, 2.75) is 46.5 Å². The highest BCUT2D eigenvalue weighted by Gasteiger charge is 2.15. The summed E-state index contributed by atoms with van der Waals surface area (Å²) in [5.41, 5.74) is 8.69. The van der Waals surface area contributed by atoms with Crippen molar-refractivity contribution in [1.82, 2.24) is 4.90 Å². The zero-order valence-electron chi connectivity index (χ0n) is 23.1. The number of aryl methyl sites for hydroxylation is 2. The second-order valence-corrected chi connectivity index (χ2v) is 9.92. The highest BCUT2D eigenvalue weighted by atomic mass is 16.5. The SMILES string of the molecule is CC/C(Cc1ccc(OC)c(C)c1)=C(/c1ccc(OCCN2CCCC2)cc1)c1ccc(OC)c(C)c1. The molecule has 0 N–H and O–H groups in total. The molecule has 1 heterocycles. The number of nitrogens with zero attached hydrogens (tertiary/aromatic N) is 1. The number of likely N-dealkylation sites (tertiary alicyclic amines) is 1. The van der Waals surface area contributed by atoms with Gasteiger partial charge in [0.15, 0.2) is 0 Å². The first-order valence-corrected chi connectivity index (χ1v) is 13.5. The van der Waals surface area contributed by atoms with Crippen LogP contribution in [0, 0.1) is 13.8 Å². The van der Waals surface area contributed by atoms with Crippen LogP contribution in [0.3, 0.4) is 0 Å².